The Labute approximate surface area is 169 Å². The molecule has 3 aromatic rings. The summed E-state index contributed by atoms with van der Waals surface area (Å²) in [7, 11) is -3.80. The van der Waals surface area contributed by atoms with Crippen LogP contribution in [0.25, 0.3) is 0 Å². The number of aromatic nitrogens is 1. The summed E-state index contributed by atoms with van der Waals surface area (Å²) in [6.45, 7) is 3.59. The van der Waals surface area contributed by atoms with Gasteiger partial charge < -0.3 is 15.1 Å². The number of hydrogen-bond donors (Lipinski definition) is 2. The number of nitrogens with one attached hydrogen (secondary N) is 1. The molecule has 0 radical (unpaired) electrons. The topological polar surface area (TPSA) is 120 Å². The van der Waals surface area contributed by atoms with Crippen molar-refractivity contribution in [3.05, 3.63) is 71.1 Å². The summed E-state index contributed by atoms with van der Waals surface area (Å²) in [6, 6.07) is 14.6. The fourth-order valence-electron chi connectivity index (χ4n) is 2.86. The molecule has 152 valence electrons. The van der Waals surface area contributed by atoms with Gasteiger partial charge in [-0.15, -0.1) is 0 Å². The van der Waals surface area contributed by atoms with Gasteiger partial charge in [0.15, 0.2) is 10.7 Å². The van der Waals surface area contributed by atoms with Crippen LogP contribution < -0.4 is 15.3 Å². The van der Waals surface area contributed by atoms with E-state index in [4.69, 9.17) is 15.1 Å². The Bertz CT molecular complexity index is 1090. The van der Waals surface area contributed by atoms with Crippen molar-refractivity contribution in [1.82, 2.24) is 5.16 Å². The molecule has 9 heteroatoms. The molecule has 0 unspecified atom stereocenters. The first-order valence-electron chi connectivity index (χ1n) is 8.90. The SMILES string of the molecule is Cc1noc(C)c1S(=O)(=O)Nc1cccc(OCCc2ccc(C=NN)cc2)c1. The van der Waals surface area contributed by atoms with Gasteiger partial charge in [0, 0.05) is 12.5 Å². The van der Waals surface area contributed by atoms with Crippen LogP contribution in [0.3, 0.4) is 0 Å². The number of hydrazone groups is 1. The summed E-state index contributed by atoms with van der Waals surface area (Å²) < 4.78 is 38.5. The summed E-state index contributed by atoms with van der Waals surface area (Å²) >= 11 is 0. The number of ether oxygens (including phenoxy) is 1. The summed E-state index contributed by atoms with van der Waals surface area (Å²) in [4.78, 5) is 0.0481. The van der Waals surface area contributed by atoms with E-state index in [1.165, 1.54) is 0 Å². The molecule has 1 aromatic heterocycles. The lowest BCUT2D eigenvalue weighted by atomic mass is 10.1. The number of nitrogens with two attached hydrogens (primary N) is 1. The van der Waals surface area contributed by atoms with Crippen molar-refractivity contribution in [3.63, 3.8) is 0 Å². The highest BCUT2D eigenvalue weighted by Crippen LogP contribution is 2.24. The summed E-state index contributed by atoms with van der Waals surface area (Å²) in [5, 5.41) is 7.18. The molecule has 0 bridgehead atoms. The molecule has 0 saturated carbocycles. The number of rotatable bonds is 8. The maximum absolute atomic E-state index is 12.6. The van der Waals surface area contributed by atoms with Crippen LogP contribution in [0.15, 0.2) is 63.1 Å². The molecule has 3 N–H and O–H groups in total. The third-order valence-corrected chi connectivity index (χ3v) is 5.81. The number of sulfonamides is 1. The largest absolute Gasteiger partial charge is 0.493 e. The zero-order valence-corrected chi connectivity index (χ0v) is 16.9. The highest BCUT2D eigenvalue weighted by Gasteiger charge is 2.24. The maximum atomic E-state index is 12.6. The van der Waals surface area contributed by atoms with Gasteiger partial charge in [-0.05, 0) is 37.1 Å². The van der Waals surface area contributed by atoms with Gasteiger partial charge in [-0.1, -0.05) is 35.5 Å². The molecule has 0 saturated heterocycles. The molecule has 0 fully saturated rings. The third kappa shape index (κ3) is 5.14. The highest BCUT2D eigenvalue weighted by molar-refractivity contribution is 7.92. The Balaban J connectivity index is 1.62. The summed E-state index contributed by atoms with van der Waals surface area (Å²) in [6.07, 6.45) is 2.28. The fourth-order valence-corrected chi connectivity index (χ4v) is 4.24. The standard InChI is InChI=1S/C20H22N4O4S/c1-14-20(15(2)28-23-14)29(25,26)24-18-4-3-5-19(12-18)27-11-10-16-6-8-17(9-7-16)13-22-21/h3-9,12-13,24H,10-11,21H2,1-2H3. The van der Waals surface area contributed by atoms with Crippen molar-refractivity contribution in [1.29, 1.82) is 0 Å². The van der Waals surface area contributed by atoms with E-state index in [1.807, 2.05) is 24.3 Å². The van der Waals surface area contributed by atoms with Crippen molar-refractivity contribution < 1.29 is 17.7 Å². The van der Waals surface area contributed by atoms with Gasteiger partial charge in [0.25, 0.3) is 10.0 Å². The second-order valence-corrected chi connectivity index (χ2v) is 8.02. The normalized spacial score (nSPS) is 11.7. The molecule has 3 rings (SSSR count). The van der Waals surface area contributed by atoms with Crippen LogP contribution in [0.4, 0.5) is 5.69 Å². The second-order valence-electron chi connectivity index (χ2n) is 6.40. The van der Waals surface area contributed by atoms with E-state index in [0.29, 0.717) is 30.2 Å². The first kappa shape index (κ1) is 20.4. The van der Waals surface area contributed by atoms with Gasteiger partial charge in [-0.25, -0.2) is 8.42 Å². The lowest BCUT2D eigenvalue weighted by Gasteiger charge is -2.10. The Morgan fingerprint density at radius 1 is 1.21 bits per heavy atom. The fraction of sp³-hybridized carbons (Fsp3) is 0.200. The lowest BCUT2D eigenvalue weighted by Crippen LogP contribution is -2.14. The van der Waals surface area contributed by atoms with Crippen LogP contribution in [-0.4, -0.2) is 26.4 Å². The predicted octanol–water partition coefficient (Wildman–Crippen LogP) is 3.01. The monoisotopic (exact) mass is 414 g/mol. The summed E-state index contributed by atoms with van der Waals surface area (Å²) in [5.41, 5.74) is 2.74. The van der Waals surface area contributed by atoms with E-state index in [0.717, 1.165) is 11.1 Å². The van der Waals surface area contributed by atoms with Crippen LogP contribution in [-0.2, 0) is 16.4 Å². The Morgan fingerprint density at radius 2 is 1.97 bits per heavy atom. The Hall–Kier alpha value is -3.33. The molecule has 0 amide bonds. The Morgan fingerprint density at radius 3 is 2.62 bits per heavy atom. The number of anilines is 1. The molecule has 29 heavy (non-hydrogen) atoms. The third-order valence-electron chi connectivity index (χ3n) is 4.19. The molecule has 0 spiro atoms. The van der Waals surface area contributed by atoms with E-state index in [2.05, 4.69) is 15.0 Å². The van der Waals surface area contributed by atoms with E-state index in [1.54, 1.807) is 44.3 Å². The van der Waals surface area contributed by atoms with Gasteiger partial charge in [0.1, 0.15) is 11.4 Å². The van der Waals surface area contributed by atoms with Crippen molar-refractivity contribution in [3.8, 4) is 5.75 Å². The van der Waals surface area contributed by atoms with E-state index < -0.39 is 10.0 Å². The zero-order chi connectivity index (χ0) is 20.9. The van der Waals surface area contributed by atoms with Crippen LogP contribution >= 0.6 is 0 Å². The first-order chi connectivity index (χ1) is 13.9. The van der Waals surface area contributed by atoms with E-state index in [-0.39, 0.29) is 10.7 Å². The molecule has 1 heterocycles. The lowest BCUT2D eigenvalue weighted by molar-refractivity contribution is 0.322. The van der Waals surface area contributed by atoms with Crippen molar-refractivity contribution in [2.24, 2.45) is 10.9 Å². The molecular weight excluding hydrogens is 392 g/mol. The number of hydrogen-bond acceptors (Lipinski definition) is 7. The second kappa shape index (κ2) is 8.78. The average Bonchev–Trinajstić information content (AvgIpc) is 3.02. The van der Waals surface area contributed by atoms with Crippen LogP contribution in [0.2, 0.25) is 0 Å². The summed E-state index contributed by atoms with van der Waals surface area (Å²) in [5.74, 6) is 5.94. The van der Waals surface area contributed by atoms with Gasteiger partial charge in [-0.3, -0.25) is 4.72 Å². The van der Waals surface area contributed by atoms with Crippen molar-refractivity contribution >= 4 is 21.9 Å². The smallest absolute Gasteiger partial charge is 0.267 e. The van der Waals surface area contributed by atoms with Crippen LogP contribution in [0.5, 0.6) is 5.75 Å². The molecule has 2 aromatic carbocycles. The van der Waals surface area contributed by atoms with Crippen LogP contribution in [0.1, 0.15) is 22.6 Å². The Kier molecular flexibility index (Phi) is 6.18. The average molecular weight is 414 g/mol. The molecule has 0 aliphatic carbocycles. The van der Waals surface area contributed by atoms with E-state index >= 15 is 0 Å². The molecular formula is C20H22N4O4S. The zero-order valence-electron chi connectivity index (χ0n) is 16.1. The van der Waals surface area contributed by atoms with Gasteiger partial charge >= 0.3 is 0 Å². The molecule has 8 nitrogen and oxygen atoms in total. The first-order valence-corrected chi connectivity index (χ1v) is 10.4. The molecule has 0 aliphatic heterocycles. The number of aryl methyl sites for hydroxylation is 2. The minimum atomic E-state index is -3.80. The van der Waals surface area contributed by atoms with Crippen molar-refractivity contribution in [2.75, 3.05) is 11.3 Å². The minimum Gasteiger partial charge on any atom is -0.493 e. The van der Waals surface area contributed by atoms with Crippen molar-refractivity contribution in [2.45, 2.75) is 25.2 Å². The minimum absolute atomic E-state index is 0.0481. The highest BCUT2D eigenvalue weighted by atomic mass is 32.2. The van der Waals surface area contributed by atoms with Gasteiger partial charge in [0.2, 0.25) is 0 Å². The number of nitrogens with zero attached hydrogens (tertiary/aromatic N) is 2. The molecule has 0 atom stereocenters. The van der Waals surface area contributed by atoms with Gasteiger partial charge in [-0.2, -0.15) is 5.10 Å². The van der Waals surface area contributed by atoms with E-state index in [9.17, 15) is 8.42 Å². The predicted molar refractivity (Wildman–Crippen MR) is 111 cm³/mol. The number of benzene rings is 2. The molecule has 0 aliphatic rings. The van der Waals surface area contributed by atoms with Gasteiger partial charge in [0.05, 0.1) is 18.5 Å². The van der Waals surface area contributed by atoms with Crippen LogP contribution in [0, 0.1) is 13.8 Å². The quantitative estimate of drug-likeness (QED) is 0.332. The maximum Gasteiger partial charge on any atom is 0.267 e.